The van der Waals surface area contributed by atoms with Gasteiger partial charge in [-0.25, -0.2) is 4.79 Å². The molecule has 0 aliphatic heterocycles. The number of aliphatic hydroxyl groups is 1. The molecular weight excluding hydrogens is 286 g/mol. The topological polar surface area (TPSA) is 101 Å². The van der Waals surface area contributed by atoms with Gasteiger partial charge in [-0.3, -0.25) is 10.1 Å². The summed E-state index contributed by atoms with van der Waals surface area (Å²) in [4.78, 5) is 19.9. The maximum Gasteiger partial charge on any atom is 0.335 e. The van der Waals surface area contributed by atoms with E-state index in [1.54, 1.807) is 0 Å². The van der Waals surface area contributed by atoms with E-state index in [1.165, 1.54) is 12.1 Å². The van der Waals surface area contributed by atoms with E-state index < -0.39 is 16.5 Å². The van der Waals surface area contributed by atoms with E-state index >= 15 is 0 Å². The molecule has 0 aliphatic rings. The Morgan fingerprint density at radius 2 is 1.55 bits per heavy atom. The number of benzene rings is 1. The Morgan fingerprint density at radius 3 is 1.73 bits per heavy atom. The van der Waals surface area contributed by atoms with Crippen molar-refractivity contribution in [3.8, 4) is 0 Å². The normalized spacial score (nSPS) is 11.4. The standard InChI is InChI=1S/C9H20O.C7H5NO4/c1-6-9(10,7-2)8(3,4)5;9-7(10)5-1-3-6(4-2-5)8(11)12/h10H,6-7H2,1-5H3;1-4H,(H,9,10). The minimum atomic E-state index is -1.09. The van der Waals surface area contributed by atoms with Gasteiger partial charge in [0.25, 0.3) is 5.69 Å². The number of nitro groups is 1. The SMILES string of the molecule is CCC(O)(CC)C(C)(C)C.O=C(O)c1ccc([N+](=O)[O-])cc1. The summed E-state index contributed by atoms with van der Waals surface area (Å²) in [6.45, 7) is 10.3. The molecule has 1 rings (SSSR count). The van der Waals surface area contributed by atoms with Gasteiger partial charge in [-0.2, -0.15) is 0 Å². The van der Waals surface area contributed by atoms with Crippen molar-refractivity contribution in [2.24, 2.45) is 5.41 Å². The Labute approximate surface area is 130 Å². The Bertz CT molecular complexity index is 465. The highest BCUT2D eigenvalue weighted by Gasteiger charge is 2.36. The molecule has 0 saturated heterocycles. The maximum absolute atomic E-state index is 10.3. The molecule has 0 saturated carbocycles. The first kappa shape index (κ1) is 20.1. The van der Waals surface area contributed by atoms with Crippen LogP contribution in [0.5, 0.6) is 0 Å². The van der Waals surface area contributed by atoms with Crippen LogP contribution in [0.4, 0.5) is 5.69 Å². The number of hydrogen-bond acceptors (Lipinski definition) is 4. The van der Waals surface area contributed by atoms with Gasteiger partial charge in [0, 0.05) is 12.1 Å². The number of carbonyl (C=O) groups is 1. The van der Waals surface area contributed by atoms with Crippen molar-refractivity contribution in [2.75, 3.05) is 0 Å². The number of non-ortho nitro benzene ring substituents is 1. The zero-order chi connectivity index (χ0) is 17.6. The van der Waals surface area contributed by atoms with Crippen LogP contribution in [0.3, 0.4) is 0 Å². The fourth-order valence-electron chi connectivity index (χ4n) is 2.04. The summed E-state index contributed by atoms with van der Waals surface area (Å²) >= 11 is 0. The van der Waals surface area contributed by atoms with E-state index in [4.69, 9.17) is 5.11 Å². The lowest BCUT2D eigenvalue weighted by molar-refractivity contribution is -0.384. The van der Waals surface area contributed by atoms with Crippen LogP contribution in [-0.4, -0.2) is 26.7 Å². The molecule has 0 aromatic heterocycles. The van der Waals surface area contributed by atoms with E-state index in [2.05, 4.69) is 20.8 Å². The van der Waals surface area contributed by atoms with Crippen molar-refractivity contribution < 1.29 is 19.9 Å². The lowest BCUT2D eigenvalue weighted by Gasteiger charge is -2.39. The molecule has 0 unspecified atom stereocenters. The molecule has 6 heteroatoms. The predicted octanol–water partition coefficient (Wildman–Crippen LogP) is 3.88. The summed E-state index contributed by atoms with van der Waals surface area (Å²) in [5, 5.41) is 28.5. The highest BCUT2D eigenvalue weighted by Crippen LogP contribution is 2.35. The van der Waals surface area contributed by atoms with E-state index in [0.717, 1.165) is 25.0 Å². The van der Waals surface area contributed by atoms with Crippen molar-refractivity contribution in [2.45, 2.75) is 53.1 Å². The molecule has 0 aliphatic carbocycles. The highest BCUT2D eigenvalue weighted by atomic mass is 16.6. The Hall–Kier alpha value is -1.95. The fourth-order valence-corrected chi connectivity index (χ4v) is 2.04. The summed E-state index contributed by atoms with van der Waals surface area (Å²) in [6.07, 6.45) is 1.68. The third-order valence-corrected chi connectivity index (χ3v) is 3.89. The number of hydrogen-bond donors (Lipinski definition) is 2. The van der Waals surface area contributed by atoms with Crippen LogP contribution in [0.1, 0.15) is 57.8 Å². The van der Waals surface area contributed by atoms with Crippen LogP contribution in [0.2, 0.25) is 0 Å². The van der Waals surface area contributed by atoms with Crippen molar-refractivity contribution in [3.05, 3.63) is 39.9 Å². The molecule has 1 aromatic rings. The summed E-state index contributed by atoms with van der Waals surface area (Å²) in [6, 6.07) is 4.70. The largest absolute Gasteiger partial charge is 0.478 e. The van der Waals surface area contributed by atoms with E-state index in [1.807, 2.05) is 13.8 Å². The first-order valence-corrected chi connectivity index (χ1v) is 7.18. The molecule has 124 valence electrons. The predicted molar refractivity (Wildman–Crippen MR) is 85.0 cm³/mol. The van der Waals surface area contributed by atoms with Gasteiger partial charge in [0.2, 0.25) is 0 Å². The second-order valence-electron chi connectivity index (χ2n) is 6.10. The van der Waals surface area contributed by atoms with Crippen molar-refractivity contribution in [1.29, 1.82) is 0 Å². The first-order valence-electron chi connectivity index (χ1n) is 7.18. The van der Waals surface area contributed by atoms with Gasteiger partial charge >= 0.3 is 5.97 Å². The van der Waals surface area contributed by atoms with Gasteiger partial charge in [0.05, 0.1) is 16.1 Å². The van der Waals surface area contributed by atoms with Gasteiger partial charge in [0.15, 0.2) is 0 Å². The summed E-state index contributed by atoms with van der Waals surface area (Å²) in [5.41, 5.74) is -0.538. The third-order valence-electron chi connectivity index (χ3n) is 3.89. The van der Waals surface area contributed by atoms with E-state index in [0.29, 0.717) is 0 Å². The molecule has 0 bridgehead atoms. The Balaban J connectivity index is 0.000000409. The number of nitrogens with zero attached hydrogens (tertiary/aromatic N) is 1. The molecule has 2 N–H and O–H groups in total. The van der Waals surface area contributed by atoms with Crippen molar-refractivity contribution >= 4 is 11.7 Å². The minimum absolute atomic E-state index is 0.0104. The number of aromatic carboxylic acids is 1. The molecule has 0 atom stereocenters. The minimum Gasteiger partial charge on any atom is -0.478 e. The van der Waals surface area contributed by atoms with Gasteiger partial charge in [0.1, 0.15) is 0 Å². The summed E-state index contributed by atoms with van der Waals surface area (Å²) < 4.78 is 0. The quantitative estimate of drug-likeness (QED) is 0.649. The van der Waals surface area contributed by atoms with Crippen molar-refractivity contribution in [1.82, 2.24) is 0 Å². The van der Waals surface area contributed by atoms with Crippen LogP contribution in [0.15, 0.2) is 24.3 Å². The molecule has 6 nitrogen and oxygen atoms in total. The lowest BCUT2D eigenvalue weighted by atomic mass is 9.73. The maximum atomic E-state index is 10.3. The molecule has 22 heavy (non-hydrogen) atoms. The average molecular weight is 311 g/mol. The number of carboxylic acid groups (broad SMARTS) is 1. The second kappa shape index (κ2) is 7.89. The molecule has 0 fully saturated rings. The van der Waals surface area contributed by atoms with E-state index in [9.17, 15) is 20.0 Å². The zero-order valence-corrected chi connectivity index (χ0v) is 13.8. The Kier molecular flexibility index (Phi) is 7.19. The highest BCUT2D eigenvalue weighted by molar-refractivity contribution is 5.87. The van der Waals surface area contributed by atoms with Gasteiger partial charge in [-0.1, -0.05) is 34.6 Å². The monoisotopic (exact) mass is 311 g/mol. The molecule has 0 spiro atoms. The Morgan fingerprint density at radius 1 is 1.14 bits per heavy atom. The van der Waals surface area contributed by atoms with Crippen LogP contribution in [0, 0.1) is 15.5 Å². The number of carboxylic acids is 1. The molecule has 0 amide bonds. The molecule has 0 radical (unpaired) electrons. The third kappa shape index (κ3) is 5.44. The first-order chi connectivity index (χ1) is 9.98. The van der Waals surface area contributed by atoms with Crippen LogP contribution in [0.25, 0.3) is 0 Å². The van der Waals surface area contributed by atoms with Crippen LogP contribution in [-0.2, 0) is 0 Å². The van der Waals surface area contributed by atoms with E-state index in [-0.39, 0.29) is 16.7 Å². The van der Waals surface area contributed by atoms with Gasteiger partial charge in [-0.05, 0) is 30.4 Å². The van der Waals surface area contributed by atoms with Crippen molar-refractivity contribution in [3.63, 3.8) is 0 Å². The lowest BCUT2D eigenvalue weighted by Crippen LogP contribution is -2.41. The molecular formula is C16H25NO5. The summed E-state index contributed by atoms with van der Waals surface area (Å²) in [7, 11) is 0. The molecule has 0 heterocycles. The average Bonchev–Trinajstić information content (AvgIpc) is 2.45. The zero-order valence-electron chi connectivity index (χ0n) is 13.8. The molecule has 1 aromatic carbocycles. The second-order valence-corrected chi connectivity index (χ2v) is 6.10. The van der Waals surface area contributed by atoms with Crippen LogP contribution >= 0.6 is 0 Å². The van der Waals surface area contributed by atoms with Gasteiger partial charge in [-0.15, -0.1) is 0 Å². The summed E-state index contributed by atoms with van der Waals surface area (Å²) in [5.74, 6) is -1.09. The number of rotatable bonds is 4. The number of nitro benzene ring substituents is 1. The smallest absolute Gasteiger partial charge is 0.335 e. The van der Waals surface area contributed by atoms with Crippen LogP contribution < -0.4 is 0 Å². The van der Waals surface area contributed by atoms with Gasteiger partial charge < -0.3 is 10.2 Å². The fraction of sp³-hybridized carbons (Fsp3) is 0.562.